The maximum Gasteiger partial charge on any atom is 0.263 e. The van der Waals surface area contributed by atoms with Gasteiger partial charge in [0, 0.05) is 15.7 Å². The van der Waals surface area contributed by atoms with E-state index in [9.17, 15) is 8.42 Å². The molecule has 0 aliphatic carbocycles. The minimum atomic E-state index is -3.92. The summed E-state index contributed by atoms with van der Waals surface area (Å²) in [5.41, 5.74) is 0.302. The lowest BCUT2D eigenvalue weighted by Gasteiger charge is -2.12. The fourth-order valence-electron chi connectivity index (χ4n) is 2.23. The van der Waals surface area contributed by atoms with Gasteiger partial charge >= 0.3 is 0 Å². The van der Waals surface area contributed by atoms with E-state index >= 15 is 0 Å². The van der Waals surface area contributed by atoms with E-state index in [-0.39, 0.29) is 30.7 Å². The zero-order chi connectivity index (χ0) is 20.5. The van der Waals surface area contributed by atoms with E-state index in [0.717, 1.165) is 0 Å². The number of rotatable bonds is 5. The van der Waals surface area contributed by atoms with Gasteiger partial charge in [-0.3, -0.25) is 4.72 Å². The first-order chi connectivity index (χ1) is 13.2. The highest BCUT2D eigenvalue weighted by Gasteiger charge is 2.19. The summed E-state index contributed by atoms with van der Waals surface area (Å²) in [6.07, 6.45) is 0. The molecule has 0 amide bonds. The Hall–Kier alpha value is -1.34. The molecule has 0 aromatic heterocycles. The summed E-state index contributed by atoms with van der Waals surface area (Å²) in [6, 6.07) is 13.3. The van der Waals surface area contributed by atoms with Crippen LogP contribution in [-0.4, -0.2) is 8.42 Å². The van der Waals surface area contributed by atoms with Crippen molar-refractivity contribution in [3.05, 3.63) is 79.7 Å². The Labute approximate surface area is 186 Å². The summed E-state index contributed by atoms with van der Waals surface area (Å²) in [6.45, 7) is 0. The van der Waals surface area contributed by atoms with Crippen LogP contribution < -0.4 is 9.46 Å². The van der Waals surface area contributed by atoms with Crippen LogP contribution in [0.4, 0.5) is 5.69 Å². The Morgan fingerprint density at radius 2 is 1.32 bits per heavy atom. The fraction of sp³-hybridized carbons (Fsp3) is 0. The Morgan fingerprint density at radius 3 is 1.93 bits per heavy atom. The quantitative estimate of drug-likeness (QED) is 0.396. The molecule has 0 heterocycles. The van der Waals surface area contributed by atoms with Crippen molar-refractivity contribution >= 4 is 73.7 Å². The highest BCUT2D eigenvalue weighted by Crippen LogP contribution is 2.39. The van der Waals surface area contributed by atoms with Gasteiger partial charge in [-0.1, -0.05) is 58.0 Å². The number of benzene rings is 3. The van der Waals surface area contributed by atoms with Gasteiger partial charge in [0.05, 0.1) is 15.1 Å². The first-order valence-electron chi connectivity index (χ1n) is 7.56. The number of anilines is 1. The summed E-state index contributed by atoms with van der Waals surface area (Å²) >= 11 is 29.9. The van der Waals surface area contributed by atoms with E-state index in [1.165, 1.54) is 42.5 Å². The van der Waals surface area contributed by atoms with E-state index in [1.807, 2.05) is 0 Å². The number of halogens is 5. The lowest BCUT2D eigenvalue weighted by atomic mass is 10.3. The summed E-state index contributed by atoms with van der Waals surface area (Å²) in [7, 11) is -3.92. The molecule has 0 unspecified atom stereocenters. The summed E-state index contributed by atoms with van der Waals surface area (Å²) in [5.74, 6) is 0.640. The van der Waals surface area contributed by atoms with Crippen LogP contribution in [0.15, 0.2) is 59.5 Å². The van der Waals surface area contributed by atoms with Crippen molar-refractivity contribution in [2.45, 2.75) is 4.90 Å². The zero-order valence-electron chi connectivity index (χ0n) is 13.7. The Morgan fingerprint density at radius 1 is 0.714 bits per heavy atom. The monoisotopic (exact) mass is 495 g/mol. The fourth-order valence-corrected chi connectivity index (χ4v) is 4.95. The average Bonchev–Trinajstić information content (AvgIpc) is 2.61. The minimum Gasteiger partial charge on any atom is -0.454 e. The second kappa shape index (κ2) is 8.57. The smallest absolute Gasteiger partial charge is 0.263 e. The summed E-state index contributed by atoms with van der Waals surface area (Å²) < 4.78 is 33.2. The molecule has 4 nitrogen and oxygen atoms in total. The maximum atomic E-state index is 12.5. The molecule has 0 fully saturated rings. The van der Waals surface area contributed by atoms with Gasteiger partial charge in [-0.2, -0.15) is 0 Å². The molecule has 0 aliphatic heterocycles. The van der Waals surface area contributed by atoms with Crippen molar-refractivity contribution in [3.63, 3.8) is 0 Å². The molecular formula is C18H10Cl5NO3S. The van der Waals surface area contributed by atoms with Gasteiger partial charge < -0.3 is 4.74 Å². The number of sulfonamides is 1. The first kappa shape index (κ1) is 21.4. The van der Waals surface area contributed by atoms with Gasteiger partial charge in [0.2, 0.25) is 0 Å². The molecule has 28 heavy (non-hydrogen) atoms. The molecule has 0 spiro atoms. The van der Waals surface area contributed by atoms with Crippen molar-refractivity contribution in [1.82, 2.24) is 0 Å². The van der Waals surface area contributed by atoms with Gasteiger partial charge in [-0.15, -0.1) is 0 Å². The number of nitrogens with one attached hydrogen (secondary N) is 1. The van der Waals surface area contributed by atoms with Crippen LogP contribution >= 0.6 is 58.0 Å². The van der Waals surface area contributed by atoms with E-state index in [4.69, 9.17) is 62.7 Å². The molecule has 3 aromatic rings. The van der Waals surface area contributed by atoms with Gasteiger partial charge in [0.1, 0.15) is 10.6 Å². The van der Waals surface area contributed by atoms with Gasteiger partial charge in [0.15, 0.2) is 5.75 Å². The third-order valence-corrected chi connectivity index (χ3v) is 6.35. The highest BCUT2D eigenvalue weighted by atomic mass is 35.5. The van der Waals surface area contributed by atoms with Crippen molar-refractivity contribution in [3.8, 4) is 11.5 Å². The lowest BCUT2D eigenvalue weighted by molar-refractivity contribution is 0.483. The second-order valence-corrected chi connectivity index (χ2v) is 9.25. The van der Waals surface area contributed by atoms with Crippen LogP contribution in [0.1, 0.15) is 0 Å². The van der Waals surface area contributed by atoms with Crippen LogP contribution in [0.25, 0.3) is 0 Å². The summed E-state index contributed by atoms with van der Waals surface area (Å²) in [4.78, 5) is -0.123. The predicted molar refractivity (Wildman–Crippen MR) is 115 cm³/mol. The minimum absolute atomic E-state index is 0.0591. The molecule has 0 saturated carbocycles. The van der Waals surface area contributed by atoms with Crippen LogP contribution in [0, 0.1) is 0 Å². The van der Waals surface area contributed by atoms with Gasteiger partial charge in [0.25, 0.3) is 10.0 Å². The standard InChI is InChI=1S/C18H10Cl5NO3S/c19-10-1-6-14(21)17(9-10)28(25,26)24-12-2-4-13(5-3-12)27-18-15(22)7-11(20)8-16(18)23/h1-9,24H. The van der Waals surface area contributed by atoms with Crippen LogP contribution in [0.2, 0.25) is 25.1 Å². The molecule has 0 bridgehead atoms. The molecule has 0 radical (unpaired) electrons. The van der Waals surface area contributed by atoms with Gasteiger partial charge in [-0.25, -0.2) is 8.42 Å². The first-order valence-corrected chi connectivity index (χ1v) is 10.9. The molecule has 0 saturated heterocycles. The molecular weight excluding hydrogens is 488 g/mol. The van der Waals surface area contributed by atoms with Crippen molar-refractivity contribution in [1.29, 1.82) is 0 Å². The molecule has 0 aliphatic rings. The molecule has 1 N–H and O–H groups in total. The molecule has 3 rings (SSSR count). The van der Waals surface area contributed by atoms with Crippen LogP contribution in [0.3, 0.4) is 0 Å². The molecule has 146 valence electrons. The van der Waals surface area contributed by atoms with Crippen molar-refractivity contribution in [2.75, 3.05) is 4.72 Å². The SMILES string of the molecule is O=S(=O)(Nc1ccc(Oc2c(Cl)cc(Cl)cc2Cl)cc1)c1cc(Cl)ccc1Cl. The lowest BCUT2D eigenvalue weighted by Crippen LogP contribution is -2.13. The number of hydrogen-bond donors (Lipinski definition) is 1. The van der Waals surface area contributed by atoms with Gasteiger partial charge in [-0.05, 0) is 54.6 Å². The Bertz CT molecular complexity index is 1110. The maximum absolute atomic E-state index is 12.5. The third kappa shape index (κ3) is 4.98. The third-order valence-electron chi connectivity index (χ3n) is 3.47. The molecule has 10 heteroatoms. The Balaban J connectivity index is 1.81. The average molecular weight is 498 g/mol. The van der Waals surface area contributed by atoms with E-state index < -0.39 is 10.0 Å². The predicted octanol–water partition coefficient (Wildman–Crippen LogP) is 7.55. The second-order valence-electron chi connectivity index (χ2n) is 5.51. The number of hydrogen-bond acceptors (Lipinski definition) is 3. The topological polar surface area (TPSA) is 55.4 Å². The highest BCUT2D eigenvalue weighted by molar-refractivity contribution is 7.92. The largest absolute Gasteiger partial charge is 0.454 e. The molecule has 0 atom stereocenters. The normalized spacial score (nSPS) is 11.3. The van der Waals surface area contributed by atoms with Crippen molar-refractivity contribution < 1.29 is 13.2 Å². The number of ether oxygens (including phenoxy) is 1. The summed E-state index contributed by atoms with van der Waals surface area (Å²) in [5, 5.41) is 1.19. The van der Waals surface area contributed by atoms with E-state index in [1.54, 1.807) is 12.1 Å². The molecule has 3 aromatic carbocycles. The zero-order valence-corrected chi connectivity index (χ0v) is 18.3. The van der Waals surface area contributed by atoms with Crippen molar-refractivity contribution in [2.24, 2.45) is 0 Å². The Kier molecular flexibility index (Phi) is 6.54. The van der Waals surface area contributed by atoms with Crippen LogP contribution in [0.5, 0.6) is 11.5 Å². The van der Waals surface area contributed by atoms with E-state index in [2.05, 4.69) is 4.72 Å². The van der Waals surface area contributed by atoms with Crippen LogP contribution in [-0.2, 0) is 10.0 Å². The van der Waals surface area contributed by atoms with E-state index in [0.29, 0.717) is 16.5 Å².